The number of carbonyl (C=O) groups is 2. The maximum absolute atomic E-state index is 13.2. The molecule has 0 aromatic carbocycles. The third-order valence-electron chi connectivity index (χ3n) is 10.7. The maximum Gasteiger partial charge on any atom is 0.313 e. The summed E-state index contributed by atoms with van der Waals surface area (Å²) in [4.78, 5) is 28.1. The molecule has 1 aliphatic heterocycles. The van der Waals surface area contributed by atoms with E-state index < -0.39 is 5.41 Å². The summed E-state index contributed by atoms with van der Waals surface area (Å²) in [5.41, 5.74) is -0.448. The Morgan fingerprint density at radius 3 is 1.55 bits per heavy atom. The lowest BCUT2D eigenvalue weighted by Crippen LogP contribution is -2.35. The SMILES string of the molecule is CCCCCCCCCCCCC(CCOC(=O)CCCCC(OCCCCCCCC)OCCCCCCCC)OC(=O)C1(C)CCN(C)C1. The average Bonchev–Trinajstić information content (AvgIpc) is 3.48. The molecule has 1 saturated heterocycles. The van der Waals surface area contributed by atoms with E-state index in [0.717, 1.165) is 84.1 Å². The van der Waals surface area contributed by atoms with Crippen LogP contribution in [-0.4, -0.2) is 69.2 Å². The summed E-state index contributed by atoms with van der Waals surface area (Å²) in [6, 6.07) is 0. The van der Waals surface area contributed by atoms with Crippen molar-refractivity contribution in [1.29, 1.82) is 0 Å². The molecule has 2 unspecified atom stereocenters. The van der Waals surface area contributed by atoms with Gasteiger partial charge in [0.1, 0.15) is 6.10 Å². The topological polar surface area (TPSA) is 74.3 Å². The highest BCUT2D eigenvalue weighted by molar-refractivity contribution is 5.77. The van der Waals surface area contributed by atoms with E-state index in [1.165, 1.54) is 116 Å². The number of hydrogen-bond donors (Lipinski definition) is 0. The normalized spacial score (nSPS) is 17.0. The minimum absolute atomic E-state index is 0.0952. The average molecular weight is 724 g/mol. The number of likely N-dealkylation sites (tertiary alicyclic amines) is 1. The van der Waals surface area contributed by atoms with Crippen molar-refractivity contribution in [3.8, 4) is 0 Å². The zero-order valence-electron chi connectivity index (χ0n) is 34.6. The Bertz CT molecular complexity index is 790. The molecule has 0 spiro atoms. The molecule has 0 radical (unpaired) electrons. The van der Waals surface area contributed by atoms with Gasteiger partial charge in [0.25, 0.3) is 0 Å². The van der Waals surface area contributed by atoms with Crippen molar-refractivity contribution in [1.82, 2.24) is 4.90 Å². The molecule has 1 fully saturated rings. The summed E-state index contributed by atoms with van der Waals surface area (Å²) in [5, 5.41) is 0. The van der Waals surface area contributed by atoms with Gasteiger partial charge in [-0.3, -0.25) is 9.59 Å². The number of unbranched alkanes of at least 4 members (excludes halogenated alkanes) is 20. The predicted molar refractivity (Wildman–Crippen MR) is 213 cm³/mol. The lowest BCUT2D eigenvalue weighted by atomic mass is 9.90. The van der Waals surface area contributed by atoms with Crippen molar-refractivity contribution in [3.63, 3.8) is 0 Å². The van der Waals surface area contributed by atoms with Crippen molar-refractivity contribution < 1.29 is 28.5 Å². The summed E-state index contributed by atoms with van der Waals surface area (Å²) in [6.07, 6.45) is 32.4. The monoisotopic (exact) mass is 724 g/mol. The first-order valence-electron chi connectivity index (χ1n) is 22.1. The van der Waals surface area contributed by atoms with Gasteiger partial charge in [-0.1, -0.05) is 143 Å². The third-order valence-corrected chi connectivity index (χ3v) is 10.7. The van der Waals surface area contributed by atoms with Crippen LogP contribution in [0.15, 0.2) is 0 Å². The van der Waals surface area contributed by atoms with Crippen LogP contribution in [0.1, 0.15) is 214 Å². The molecule has 1 heterocycles. The Morgan fingerprint density at radius 1 is 0.588 bits per heavy atom. The van der Waals surface area contributed by atoms with Crippen LogP contribution in [0.2, 0.25) is 0 Å². The summed E-state index contributed by atoms with van der Waals surface area (Å²) < 4.78 is 24.1. The highest BCUT2D eigenvalue weighted by Crippen LogP contribution is 2.31. The highest BCUT2D eigenvalue weighted by Gasteiger charge is 2.41. The molecule has 1 aliphatic rings. The first-order chi connectivity index (χ1) is 24.8. The second-order valence-electron chi connectivity index (χ2n) is 16.0. The van der Waals surface area contributed by atoms with Crippen molar-refractivity contribution in [2.45, 2.75) is 226 Å². The molecule has 0 aromatic rings. The summed E-state index contributed by atoms with van der Waals surface area (Å²) >= 11 is 0. The van der Waals surface area contributed by atoms with Crippen LogP contribution in [0.4, 0.5) is 0 Å². The quantitative estimate of drug-likeness (QED) is 0.0359. The van der Waals surface area contributed by atoms with E-state index in [1.807, 2.05) is 6.92 Å². The summed E-state index contributed by atoms with van der Waals surface area (Å²) in [7, 11) is 2.06. The van der Waals surface area contributed by atoms with Gasteiger partial charge in [-0.05, 0) is 71.9 Å². The van der Waals surface area contributed by atoms with E-state index in [9.17, 15) is 9.59 Å². The van der Waals surface area contributed by atoms with Gasteiger partial charge in [0, 0.05) is 32.6 Å². The Morgan fingerprint density at radius 2 is 1.06 bits per heavy atom. The van der Waals surface area contributed by atoms with Crippen LogP contribution in [-0.2, 0) is 28.5 Å². The van der Waals surface area contributed by atoms with Gasteiger partial charge in [0.05, 0.1) is 12.0 Å². The predicted octanol–water partition coefficient (Wildman–Crippen LogP) is 12.1. The maximum atomic E-state index is 13.2. The molecule has 302 valence electrons. The minimum Gasteiger partial charge on any atom is -0.466 e. The second-order valence-corrected chi connectivity index (χ2v) is 16.0. The fourth-order valence-electron chi connectivity index (χ4n) is 7.14. The van der Waals surface area contributed by atoms with Crippen LogP contribution in [0.5, 0.6) is 0 Å². The van der Waals surface area contributed by atoms with Crippen LogP contribution < -0.4 is 0 Å². The number of carbonyl (C=O) groups excluding carboxylic acids is 2. The molecular formula is C44H85NO6. The van der Waals surface area contributed by atoms with Crippen LogP contribution in [0, 0.1) is 5.41 Å². The zero-order valence-corrected chi connectivity index (χ0v) is 34.6. The van der Waals surface area contributed by atoms with Crippen LogP contribution in [0.3, 0.4) is 0 Å². The van der Waals surface area contributed by atoms with E-state index in [0.29, 0.717) is 19.4 Å². The smallest absolute Gasteiger partial charge is 0.313 e. The molecule has 51 heavy (non-hydrogen) atoms. The number of nitrogens with zero attached hydrogens (tertiary/aromatic N) is 1. The van der Waals surface area contributed by atoms with Gasteiger partial charge in [0.2, 0.25) is 0 Å². The Labute approximate surface area is 316 Å². The molecule has 1 rings (SSSR count). The molecular weight excluding hydrogens is 638 g/mol. The van der Waals surface area contributed by atoms with Crippen LogP contribution in [0.25, 0.3) is 0 Å². The van der Waals surface area contributed by atoms with E-state index in [2.05, 4.69) is 32.7 Å². The molecule has 0 saturated carbocycles. The molecule has 0 aromatic heterocycles. The molecule has 0 amide bonds. The number of hydrogen-bond acceptors (Lipinski definition) is 7. The largest absolute Gasteiger partial charge is 0.466 e. The van der Waals surface area contributed by atoms with Gasteiger partial charge < -0.3 is 23.8 Å². The van der Waals surface area contributed by atoms with Gasteiger partial charge in [0.15, 0.2) is 6.29 Å². The van der Waals surface area contributed by atoms with E-state index in [-0.39, 0.29) is 24.3 Å². The first kappa shape index (κ1) is 47.8. The molecule has 7 nitrogen and oxygen atoms in total. The van der Waals surface area contributed by atoms with Crippen LogP contribution >= 0.6 is 0 Å². The Hall–Kier alpha value is -1.18. The fraction of sp³-hybridized carbons (Fsp3) is 0.955. The molecule has 0 bridgehead atoms. The highest BCUT2D eigenvalue weighted by atomic mass is 16.7. The number of esters is 2. The first-order valence-corrected chi connectivity index (χ1v) is 22.1. The van der Waals surface area contributed by atoms with Crippen molar-refractivity contribution >= 4 is 11.9 Å². The Balaban J connectivity index is 2.41. The second kappa shape index (κ2) is 33.4. The molecule has 7 heteroatoms. The standard InChI is InChI=1S/C44H85NO6/c1-6-9-12-15-18-19-20-21-22-25-30-40(51-43(47)44(4)34-35-45(5)39-44)33-38-48-41(46)31-26-27-32-42(49-36-28-23-16-13-10-7-2)50-37-29-24-17-14-11-8-3/h40,42H,6-39H2,1-5H3. The molecule has 0 N–H and O–H groups in total. The number of rotatable bonds is 37. The van der Waals surface area contributed by atoms with Gasteiger partial charge in [-0.2, -0.15) is 0 Å². The van der Waals surface area contributed by atoms with Gasteiger partial charge in [-0.15, -0.1) is 0 Å². The lowest BCUT2D eigenvalue weighted by Gasteiger charge is -2.26. The van der Waals surface area contributed by atoms with Crippen molar-refractivity contribution in [3.05, 3.63) is 0 Å². The van der Waals surface area contributed by atoms with E-state index in [1.54, 1.807) is 0 Å². The van der Waals surface area contributed by atoms with Crippen molar-refractivity contribution in [2.75, 3.05) is 40.0 Å². The summed E-state index contributed by atoms with van der Waals surface area (Å²) in [6.45, 7) is 12.2. The number of ether oxygens (including phenoxy) is 4. The van der Waals surface area contributed by atoms with Gasteiger partial charge in [-0.25, -0.2) is 0 Å². The molecule has 2 atom stereocenters. The third kappa shape index (κ3) is 27.1. The van der Waals surface area contributed by atoms with Gasteiger partial charge >= 0.3 is 11.9 Å². The zero-order chi connectivity index (χ0) is 37.3. The summed E-state index contributed by atoms with van der Waals surface area (Å²) in [5.74, 6) is -0.261. The van der Waals surface area contributed by atoms with E-state index in [4.69, 9.17) is 18.9 Å². The van der Waals surface area contributed by atoms with E-state index >= 15 is 0 Å². The lowest BCUT2D eigenvalue weighted by molar-refractivity contribution is -0.161. The minimum atomic E-state index is -0.448. The molecule has 0 aliphatic carbocycles. The fourth-order valence-corrected chi connectivity index (χ4v) is 7.14. The van der Waals surface area contributed by atoms with Crippen molar-refractivity contribution in [2.24, 2.45) is 5.41 Å². The Kier molecular flexibility index (Phi) is 31.3.